The minimum absolute atomic E-state index is 0.162. The second-order valence-corrected chi connectivity index (χ2v) is 5.86. The molecule has 2 aromatic carbocycles. The van der Waals surface area contributed by atoms with E-state index in [0.29, 0.717) is 30.3 Å². The number of ether oxygens (including phenoxy) is 2. The fraction of sp³-hybridized carbons (Fsp3) is 0.316. The summed E-state index contributed by atoms with van der Waals surface area (Å²) in [5.41, 5.74) is 1.14. The van der Waals surface area contributed by atoms with Crippen LogP contribution in [-0.4, -0.2) is 25.2 Å². The maximum absolute atomic E-state index is 12.2. The molecule has 0 heterocycles. The van der Waals surface area contributed by atoms with E-state index in [9.17, 15) is 4.79 Å². The Kier molecular flexibility index (Phi) is 6.94. The van der Waals surface area contributed by atoms with Crippen LogP contribution in [0, 0.1) is 6.92 Å². The van der Waals surface area contributed by atoms with Crippen molar-refractivity contribution in [2.45, 2.75) is 26.4 Å². The van der Waals surface area contributed by atoms with Crippen molar-refractivity contribution in [3.63, 3.8) is 0 Å². The Balaban J connectivity index is 1.77. The van der Waals surface area contributed by atoms with Gasteiger partial charge >= 0.3 is 0 Å². The van der Waals surface area contributed by atoms with Crippen molar-refractivity contribution >= 4 is 17.5 Å². The third kappa shape index (κ3) is 5.78. The number of carbonyl (C=O) groups excluding carboxylic acids is 1. The maximum Gasteiger partial charge on any atom is 0.261 e. The number of rotatable bonds is 8. The first-order valence-corrected chi connectivity index (χ1v) is 8.35. The van der Waals surface area contributed by atoms with Crippen molar-refractivity contribution in [3.05, 3.63) is 59.1 Å². The van der Waals surface area contributed by atoms with E-state index in [1.807, 2.05) is 38.1 Å². The molecular weight excluding hydrogens is 326 g/mol. The predicted octanol–water partition coefficient (Wildman–Crippen LogP) is 4.00. The third-order valence-corrected chi connectivity index (χ3v) is 3.63. The van der Waals surface area contributed by atoms with E-state index in [4.69, 9.17) is 21.1 Å². The maximum atomic E-state index is 12.2. The number of hydrogen-bond acceptors (Lipinski definition) is 3. The average molecular weight is 348 g/mol. The van der Waals surface area contributed by atoms with Crippen LogP contribution in [0.2, 0.25) is 5.02 Å². The number of halogens is 1. The van der Waals surface area contributed by atoms with E-state index in [-0.39, 0.29) is 5.91 Å². The summed E-state index contributed by atoms with van der Waals surface area (Å²) in [5, 5.41) is 3.41. The summed E-state index contributed by atoms with van der Waals surface area (Å²) in [7, 11) is 0. The average Bonchev–Trinajstić information content (AvgIpc) is 2.56. The third-order valence-electron chi connectivity index (χ3n) is 3.40. The summed E-state index contributed by atoms with van der Waals surface area (Å²) in [6.45, 7) is 4.73. The Morgan fingerprint density at radius 2 is 1.92 bits per heavy atom. The molecule has 128 valence electrons. The highest BCUT2D eigenvalue weighted by molar-refractivity contribution is 6.30. The Labute approximate surface area is 147 Å². The molecule has 0 saturated carbocycles. The quantitative estimate of drug-likeness (QED) is 0.734. The Hall–Kier alpha value is -2.20. The zero-order valence-electron chi connectivity index (χ0n) is 13.9. The Bertz CT molecular complexity index is 675. The molecule has 0 radical (unpaired) electrons. The summed E-state index contributed by atoms with van der Waals surface area (Å²) in [4.78, 5) is 12.2. The minimum Gasteiger partial charge on any atom is -0.492 e. The molecule has 0 aliphatic carbocycles. The van der Waals surface area contributed by atoms with Crippen molar-refractivity contribution in [1.82, 2.24) is 5.32 Å². The van der Waals surface area contributed by atoms with E-state index in [2.05, 4.69) is 5.32 Å². The molecule has 0 aliphatic rings. The second-order valence-electron chi connectivity index (χ2n) is 5.43. The lowest BCUT2D eigenvalue weighted by molar-refractivity contribution is -0.128. The van der Waals surface area contributed by atoms with Gasteiger partial charge in [0, 0.05) is 5.02 Å². The molecule has 0 aromatic heterocycles. The molecule has 0 saturated heterocycles. The molecule has 0 spiro atoms. The molecule has 0 fully saturated rings. The van der Waals surface area contributed by atoms with Crippen molar-refractivity contribution in [2.24, 2.45) is 0 Å². The molecule has 2 rings (SSSR count). The van der Waals surface area contributed by atoms with Crippen LogP contribution in [0.1, 0.15) is 18.9 Å². The molecule has 4 nitrogen and oxygen atoms in total. The van der Waals surface area contributed by atoms with Gasteiger partial charge in [-0.25, -0.2) is 0 Å². The lowest BCUT2D eigenvalue weighted by atomic mass is 10.2. The predicted molar refractivity (Wildman–Crippen MR) is 95.8 cm³/mol. The normalized spacial score (nSPS) is 11.6. The first kappa shape index (κ1) is 18.1. The summed E-state index contributed by atoms with van der Waals surface area (Å²) in [6, 6.07) is 14.8. The van der Waals surface area contributed by atoms with Crippen LogP contribution in [0.3, 0.4) is 0 Å². The van der Waals surface area contributed by atoms with Crippen LogP contribution in [0.5, 0.6) is 11.5 Å². The van der Waals surface area contributed by atoms with Gasteiger partial charge in [0.1, 0.15) is 18.1 Å². The Morgan fingerprint density at radius 1 is 1.17 bits per heavy atom. The van der Waals surface area contributed by atoms with Crippen molar-refractivity contribution in [1.29, 1.82) is 0 Å². The standard InChI is InChI=1S/C19H22ClNO3/c1-3-18(24-17-9-5-7-15(20)13-17)19(22)21-10-11-23-16-8-4-6-14(2)12-16/h4-9,12-13,18H,3,10-11H2,1-2H3,(H,21,22). The van der Waals surface area contributed by atoms with Gasteiger partial charge in [-0.2, -0.15) is 0 Å². The second kappa shape index (κ2) is 9.18. The minimum atomic E-state index is -0.553. The SMILES string of the molecule is CCC(Oc1cccc(Cl)c1)C(=O)NCCOc1cccc(C)c1. The fourth-order valence-corrected chi connectivity index (χ4v) is 2.37. The van der Waals surface area contributed by atoms with E-state index < -0.39 is 6.10 Å². The van der Waals surface area contributed by atoms with Gasteiger partial charge in [-0.05, 0) is 49.2 Å². The molecule has 0 bridgehead atoms. The van der Waals surface area contributed by atoms with Crippen LogP contribution in [0.4, 0.5) is 0 Å². The summed E-state index contributed by atoms with van der Waals surface area (Å²) >= 11 is 5.93. The van der Waals surface area contributed by atoms with Gasteiger partial charge in [-0.1, -0.05) is 36.7 Å². The van der Waals surface area contributed by atoms with E-state index in [1.165, 1.54) is 0 Å². The van der Waals surface area contributed by atoms with Gasteiger partial charge in [0.05, 0.1) is 6.54 Å². The van der Waals surface area contributed by atoms with Gasteiger partial charge in [0.2, 0.25) is 0 Å². The fourth-order valence-electron chi connectivity index (χ4n) is 2.19. The van der Waals surface area contributed by atoms with Crippen LogP contribution in [-0.2, 0) is 4.79 Å². The number of benzene rings is 2. The molecule has 1 amide bonds. The summed E-state index contributed by atoms with van der Waals surface area (Å²) < 4.78 is 11.3. The lowest BCUT2D eigenvalue weighted by Crippen LogP contribution is -2.39. The lowest BCUT2D eigenvalue weighted by Gasteiger charge is -2.17. The zero-order valence-corrected chi connectivity index (χ0v) is 14.7. The van der Waals surface area contributed by atoms with E-state index in [0.717, 1.165) is 11.3 Å². The molecule has 0 aliphatic heterocycles. The molecule has 1 unspecified atom stereocenters. The van der Waals surface area contributed by atoms with E-state index >= 15 is 0 Å². The molecule has 24 heavy (non-hydrogen) atoms. The number of nitrogens with one attached hydrogen (secondary N) is 1. The number of hydrogen-bond donors (Lipinski definition) is 1. The summed E-state index contributed by atoms with van der Waals surface area (Å²) in [5.74, 6) is 1.22. The van der Waals surface area contributed by atoms with Crippen LogP contribution in [0.15, 0.2) is 48.5 Å². The number of carbonyl (C=O) groups is 1. The van der Waals surface area contributed by atoms with Crippen molar-refractivity contribution < 1.29 is 14.3 Å². The van der Waals surface area contributed by atoms with Gasteiger partial charge in [-0.15, -0.1) is 0 Å². The van der Waals surface area contributed by atoms with E-state index in [1.54, 1.807) is 24.3 Å². The van der Waals surface area contributed by atoms with Gasteiger partial charge < -0.3 is 14.8 Å². The summed E-state index contributed by atoms with van der Waals surface area (Å²) in [6.07, 6.45) is 0.0133. The molecule has 5 heteroatoms. The highest BCUT2D eigenvalue weighted by atomic mass is 35.5. The van der Waals surface area contributed by atoms with Crippen LogP contribution >= 0.6 is 11.6 Å². The van der Waals surface area contributed by atoms with Crippen LogP contribution in [0.25, 0.3) is 0 Å². The smallest absolute Gasteiger partial charge is 0.261 e. The number of amides is 1. The monoisotopic (exact) mass is 347 g/mol. The Morgan fingerprint density at radius 3 is 2.62 bits per heavy atom. The molecular formula is C19H22ClNO3. The van der Waals surface area contributed by atoms with Gasteiger partial charge in [0.25, 0.3) is 5.91 Å². The first-order chi connectivity index (χ1) is 11.6. The highest BCUT2D eigenvalue weighted by Gasteiger charge is 2.17. The van der Waals surface area contributed by atoms with Gasteiger partial charge in [0.15, 0.2) is 6.10 Å². The highest BCUT2D eigenvalue weighted by Crippen LogP contribution is 2.19. The molecule has 1 N–H and O–H groups in total. The van der Waals surface area contributed by atoms with Gasteiger partial charge in [-0.3, -0.25) is 4.79 Å². The zero-order chi connectivity index (χ0) is 17.4. The first-order valence-electron chi connectivity index (χ1n) is 7.98. The largest absolute Gasteiger partial charge is 0.492 e. The van der Waals surface area contributed by atoms with Crippen molar-refractivity contribution in [2.75, 3.05) is 13.2 Å². The topological polar surface area (TPSA) is 47.6 Å². The number of aryl methyl sites for hydroxylation is 1. The van der Waals surface area contributed by atoms with Crippen molar-refractivity contribution in [3.8, 4) is 11.5 Å². The molecule has 2 aromatic rings. The van der Waals surface area contributed by atoms with Crippen LogP contribution < -0.4 is 14.8 Å². The molecule has 1 atom stereocenters.